The number of hydrogen-bond donors (Lipinski definition) is 1. The van der Waals surface area contributed by atoms with E-state index in [4.69, 9.17) is 9.84 Å². The lowest BCUT2D eigenvalue weighted by molar-refractivity contribution is -0.160. The number of carbonyl (C=O) groups excluding carboxylic acids is 2. The summed E-state index contributed by atoms with van der Waals surface area (Å²) in [5, 5.41) is 9.03. The molecule has 2 aliphatic heterocycles. The number of rotatable bonds is 3. The Morgan fingerprint density at radius 3 is 2.58 bits per heavy atom. The Morgan fingerprint density at radius 1 is 1.21 bits per heavy atom. The van der Waals surface area contributed by atoms with E-state index in [1.807, 2.05) is 31.2 Å². The van der Waals surface area contributed by atoms with Crippen molar-refractivity contribution in [1.82, 2.24) is 4.90 Å². The van der Waals surface area contributed by atoms with Crippen LogP contribution in [-0.2, 0) is 19.1 Å². The molecule has 0 spiro atoms. The quantitative estimate of drug-likeness (QED) is 0.822. The molecule has 2 aliphatic rings. The van der Waals surface area contributed by atoms with Gasteiger partial charge in [-0.3, -0.25) is 9.59 Å². The van der Waals surface area contributed by atoms with Crippen LogP contribution >= 0.6 is 0 Å². The smallest absolute Gasteiger partial charge is 0.334 e. The average molecular weight is 332 g/mol. The van der Waals surface area contributed by atoms with E-state index in [-0.39, 0.29) is 25.0 Å². The lowest BCUT2D eigenvalue weighted by Gasteiger charge is -2.32. The van der Waals surface area contributed by atoms with Crippen molar-refractivity contribution in [3.8, 4) is 0 Å². The molecule has 0 aromatic heterocycles. The maximum atomic E-state index is 12.6. The summed E-state index contributed by atoms with van der Waals surface area (Å²) in [6.07, 6.45) is -0.576. The first-order chi connectivity index (χ1) is 11.5. The first-order valence-corrected chi connectivity index (χ1v) is 7.98. The van der Waals surface area contributed by atoms with Crippen molar-refractivity contribution in [2.24, 2.45) is 5.92 Å². The van der Waals surface area contributed by atoms with Gasteiger partial charge in [0.15, 0.2) is 6.10 Å². The van der Waals surface area contributed by atoms with E-state index in [2.05, 4.69) is 0 Å². The fourth-order valence-electron chi connectivity index (χ4n) is 3.11. The van der Waals surface area contributed by atoms with E-state index in [9.17, 15) is 14.4 Å². The summed E-state index contributed by atoms with van der Waals surface area (Å²) >= 11 is 0. The van der Waals surface area contributed by atoms with E-state index in [1.54, 1.807) is 4.90 Å². The van der Waals surface area contributed by atoms with Crippen LogP contribution in [0.3, 0.4) is 0 Å². The third kappa shape index (κ3) is 3.12. The van der Waals surface area contributed by atoms with Crippen LogP contribution in [0.5, 0.6) is 0 Å². The van der Waals surface area contributed by atoms with E-state index >= 15 is 0 Å². The van der Waals surface area contributed by atoms with Gasteiger partial charge < -0.3 is 19.6 Å². The predicted molar refractivity (Wildman–Crippen MR) is 85.6 cm³/mol. The molecule has 7 heteroatoms. The van der Waals surface area contributed by atoms with Gasteiger partial charge in [0.25, 0.3) is 0 Å². The third-order valence-electron chi connectivity index (χ3n) is 4.50. The molecule has 2 fully saturated rings. The van der Waals surface area contributed by atoms with Gasteiger partial charge in [-0.2, -0.15) is 0 Å². The Hall–Kier alpha value is -2.41. The molecule has 3 rings (SSSR count). The topological polar surface area (TPSA) is 87.2 Å². The molecular weight excluding hydrogens is 312 g/mol. The minimum absolute atomic E-state index is 0.0114. The number of benzene rings is 1. The van der Waals surface area contributed by atoms with Crippen molar-refractivity contribution >= 4 is 23.5 Å². The molecule has 0 bridgehead atoms. The van der Waals surface area contributed by atoms with Gasteiger partial charge in [-0.05, 0) is 25.5 Å². The van der Waals surface area contributed by atoms with Crippen LogP contribution in [0.2, 0.25) is 0 Å². The zero-order chi connectivity index (χ0) is 17.3. The minimum Gasteiger partial charge on any atom is -0.479 e. The van der Waals surface area contributed by atoms with Crippen molar-refractivity contribution in [3.63, 3.8) is 0 Å². The van der Waals surface area contributed by atoms with Gasteiger partial charge in [0, 0.05) is 18.8 Å². The molecule has 24 heavy (non-hydrogen) atoms. The van der Waals surface area contributed by atoms with Crippen molar-refractivity contribution < 1.29 is 24.2 Å². The van der Waals surface area contributed by atoms with E-state index in [0.29, 0.717) is 19.5 Å². The monoisotopic (exact) mass is 332 g/mol. The molecule has 2 heterocycles. The molecule has 1 aromatic carbocycles. The zero-order valence-corrected chi connectivity index (χ0v) is 13.5. The predicted octanol–water partition coefficient (Wildman–Crippen LogP) is 0.660. The van der Waals surface area contributed by atoms with Crippen LogP contribution in [0.4, 0.5) is 5.69 Å². The highest BCUT2D eigenvalue weighted by molar-refractivity contribution is 6.09. The normalized spacial score (nSPS) is 24.3. The number of anilines is 1. The molecule has 2 saturated heterocycles. The molecule has 0 unspecified atom stereocenters. The van der Waals surface area contributed by atoms with Crippen LogP contribution in [0.25, 0.3) is 0 Å². The van der Waals surface area contributed by atoms with Crippen molar-refractivity contribution in [2.75, 3.05) is 31.1 Å². The maximum absolute atomic E-state index is 12.6. The lowest BCUT2D eigenvalue weighted by atomic mass is 10.1. The van der Waals surface area contributed by atoms with Crippen LogP contribution in [0.1, 0.15) is 12.0 Å². The van der Waals surface area contributed by atoms with Crippen LogP contribution in [0.15, 0.2) is 24.3 Å². The second-order valence-electron chi connectivity index (χ2n) is 6.15. The van der Waals surface area contributed by atoms with E-state index in [0.717, 1.165) is 11.3 Å². The Balaban J connectivity index is 1.69. The van der Waals surface area contributed by atoms with E-state index in [1.165, 1.54) is 4.90 Å². The summed E-state index contributed by atoms with van der Waals surface area (Å²) in [7, 11) is 0. The molecule has 0 radical (unpaired) electrons. The SMILES string of the molecule is Cc1ccc(N2CC[C@@H](C(=O)N3CCO[C@@H](C(=O)O)C3)C2=O)cc1. The fourth-order valence-corrected chi connectivity index (χ4v) is 3.11. The zero-order valence-electron chi connectivity index (χ0n) is 13.5. The average Bonchev–Trinajstić information content (AvgIpc) is 2.96. The summed E-state index contributed by atoms with van der Waals surface area (Å²) in [5.41, 5.74) is 1.89. The fraction of sp³-hybridized carbons (Fsp3) is 0.471. The summed E-state index contributed by atoms with van der Waals surface area (Å²) in [4.78, 5) is 39.4. The highest BCUT2D eigenvalue weighted by atomic mass is 16.5. The summed E-state index contributed by atoms with van der Waals surface area (Å²) in [6, 6.07) is 7.60. The minimum atomic E-state index is -1.09. The molecule has 2 atom stereocenters. The number of carboxylic acids is 1. The number of aliphatic carboxylic acids is 1. The number of hydrogen-bond acceptors (Lipinski definition) is 4. The number of morpholine rings is 1. The van der Waals surface area contributed by atoms with Gasteiger partial charge >= 0.3 is 5.97 Å². The van der Waals surface area contributed by atoms with Gasteiger partial charge in [0.05, 0.1) is 13.2 Å². The van der Waals surface area contributed by atoms with Crippen LogP contribution in [0, 0.1) is 12.8 Å². The first kappa shape index (κ1) is 16.4. The standard InChI is InChI=1S/C17H20N2O5/c1-11-2-4-12(5-3-11)19-7-6-13(16(19)21)15(20)18-8-9-24-14(10-18)17(22)23/h2-5,13-14H,6-10H2,1H3,(H,22,23)/t13-,14+/m0/s1. The Bertz CT molecular complexity index is 657. The molecule has 128 valence electrons. The second-order valence-corrected chi connectivity index (χ2v) is 6.15. The van der Waals surface area contributed by atoms with Crippen LogP contribution < -0.4 is 4.90 Å². The first-order valence-electron chi connectivity index (χ1n) is 7.98. The molecule has 1 aromatic rings. The highest BCUT2D eigenvalue weighted by Crippen LogP contribution is 2.27. The largest absolute Gasteiger partial charge is 0.479 e. The number of carboxylic acid groups (broad SMARTS) is 1. The Kier molecular flexibility index (Phi) is 4.53. The number of ether oxygens (including phenoxy) is 1. The van der Waals surface area contributed by atoms with Gasteiger partial charge in [-0.1, -0.05) is 17.7 Å². The molecule has 2 amide bonds. The van der Waals surface area contributed by atoms with Crippen LogP contribution in [-0.4, -0.2) is 60.1 Å². The molecule has 0 aliphatic carbocycles. The number of amides is 2. The van der Waals surface area contributed by atoms with Crippen molar-refractivity contribution in [2.45, 2.75) is 19.4 Å². The molecule has 7 nitrogen and oxygen atoms in total. The lowest BCUT2D eigenvalue weighted by Crippen LogP contribution is -2.51. The summed E-state index contributed by atoms with van der Waals surface area (Å²) in [5.74, 6) is -2.35. The van der Waals surface area contributed by atoms with Gasteiger partial charge in [-0.25, -0.2) is 4.79 Å². The number of carbonyl (C=O) groups is 3. The third-order valence-corrected chi connectivity index (χ3v) is 4.50. The van der Waals surface area contributed by atoms with Crippen molar-refractivity contribution in [3.05, 3.63) is 29.8 Å². The van der Waals surface area contributed by atoms with Gasteiger partial charge in [0.2, 0.25) is 11.8 Å². The van der Waals surface area contributed by atoms with Gasteiger partial charge in [-0.15, -0.1) is 0 Å². The second kappa shape index (κ2) is 6.60. The molecule has 0 saturated carbocycles. The molecular formula is C17H20N2O5. The highest BCUT2D eigenvalue weighted by Gasteiger charge is 2.41. The Labute approximate surface area is 139 Å². The number of aryl methyl sites for hydroxylation is 1. The Morgan fingerprint density at radius 2 is 1.92 bits per heavy atom. The summed E-state index contributed by atoms with van der Waals surface area (Å²) < 4.78 is 5.12. The summed E-state index contributed by atoms with van der Waals surface area (Å²) in [6.45, 7) is 2.94. The van der Waals surface area contributed by atoms with Crippen molar-refractivity contribution in [1.29, 1.82) is 0 Å². The van der Waals surface area contributed by atoms with Gasteiger partial charge in [0.1, 0.15) is 5.92 Å². The number of nitrogens with zero attached hydrogens (tertiary/aromatic N) is 2. The van der Waals surface area contributed by atoms with E-state index < -0.39 is 18.0 Å². The maximum Gasteiger partial charge on any atom is 0.334 e. The molecule has 1 N–H and O–H groups in total.